The molecule has 6 heteroatoms. The number of hydrogen-bond donors (Lipinski definition) is 1. The maximum absolute atomic E-state index is 12.7. The Labute approximate surface area is 144 Å². The van der Waals surface area contributed by atoms with E-state index in [4.69, 9.17) is 9.47 Å². The molecule has 0 spiro atoms. The molecule has 3 heterocycles. The summed E-state index contributed by atoms with van der Waals surface area (Å²) in [6.07, 6.45) is 0.202. The van der Waals surface area contributed by atoms with Gasteiger partial charge in [-0.1, -0.05) is 18.2 Å². The van der Waals surface area contributed by atoms with Crippen molar-refractivity contribution in [1.29, 1.82) is 0 Å². The fraction of sp³-hybridized carbons (Fsp3) is 0.263. The fourth-order valence-electron chi connectivity index (χ4n) is 3.54. The van der Waals surface area contributed by atoms with E-state index >= 15 is 0 Å². The van der Waals surface area contributed by atoms with Gasteiger partial charge in [0.25, 0.3) is 5.91 Å². The quantitative estimate of drug-likeness (QED) is 0.744. The Morgan fingerprint density at radius 2 is 2.16 bits per heavy atom. The van der Waals surface area contributed by atoms with Crippen LogP contribution in [0.4, 0.5) is 0 Å². The maximum atomic E-state index is 12.7. The van der Waals surface area contributed by atoms with Crippen LogP contribution in [0.3, 0.4) is 0 Å². The molecule has 0 bridgehead atoms. The summed E-state index contributed by atoms with van der Waals surface area (Å²) in [5, 5.41) is 8.06. The number of aromatic amines is 1. The third-order valence-corrected chi connectivity index (χ3v) is 4.90. The van der Waals surface area contributed by atoms with Crippen LogP contribution in [0.5, 0.6) is 5.88 Å². The van der Waals surface area contributed by atoms with Crippen molar-refractivity contribution in [3.8, 4) is 17.0 Å². The zero-order chi connectivity index (χ0) is 17.0. The smallest absolute Gasteiger partial charge is 0.254 e. The molecule has 1 saturated heterocycles. The Hall–Kier alpha value is -2.86. The Balaban J connectivity index is 1.59. The average Bonchev–Trinajstić information content (AvgIpc) is 3.27. The van der Waals surface area contributed by atoms with Crippen molar-refractivity contribution >= 4 is 16.8 Å². The van der Waals surface area contributed by atoms with Gasteiger partial charge in [-0.05, 0) is 34.9 Å². The van der Waals surface area contributed by atoms with E-state index in [0.717, 1.165) is 39.8 Å². The number of nitrogens with one attached hydrogen (secondary N) is 1. The van der Waals surface area contributed by atoms with Crippen molar-refractivity contribution < 1.29 is 14.3 Å². The zero-order valence-corrected chi connectivity index (χ0v) is 13.8. The van der Waals surface area contributed by atoms with Crippen LogP contribution in [0.1, 0.15) is 15.9 Å². The lowest BCUT2D eigenvalue weighted by Gasteiger charge is -2.13. The van der Waals surface area contributed by atoms with Gasteiger partial charge in [0, 0.05) is 18.7 Å². The lowest BCUT2D eigenvalue weighted by Crippen LogP contribution is -2.28. The molecule has 25 heavy (non-hydrogen) atoms. The summed E-state index contributed by atoms with van der Waals surface area (Å²) in [6, 6.07) is 12.0. The van der Waals surface area contributed by atoms with Crippen LogP contribution in [-0.2, 0) is 11.3 Å². The van der Waals surface area contributed by atoms with Crippen molar-refractivity contribution in [2.45, 2.75) is 12.6 Å². The summed E-state index contributed by atoms with van der Waals surface area (Å²) in [6.45, 7) is 2.05. The molecular formula is C19H17N3O3. The third-order valence-electron chi connectivity index (χ3n) is 4.90. The van der Waals surface area contributed by atoms with Crippen LogP contribution >= 0.6 is 0 Å². The number of H-pyrrole nitrogens is 1. The number of rotatable bonds is 4. The first-order valence-electron chi connectivity index (χ1n) is 8.30. The number of carbonyl (C=O) groups excluding carboxylic acids is 1. The molecular weight excluding hydrogens is 318 g/mol. The molecule has 2 aliphatic heterocycles. The minimum Gasteiger partial charge on any atom is -0.480 e. The molecule has 2 aliphatic rings. The molecule has 1 atom stereocenters. The van der Waals surface area contributed by atoms with Crippen molar-refractivity contribution in [2.24, 2.45) is 0 Å². The number of hydrogen-bond acceptors (Lipinski definition) is 4. The van der Waals surface area contributed by atoms with Gasteiger partial charge in [0.2, 0.25) is 5.88 Å². The van der Waals surface area contributed by atoms with Crippen LogP contribution in [0.2, 0.25) is 0 Å². The number of carbonyl (C=O) groups is 1. The highest BCUT2D eigenvalue weighted by Gasteiger charge is 2.34. The molecule has 1 N–H and O–H groups in total. The van der Waals surface area contributed by atoms with Crippen LogP contribution in [-0.4, -0.2) is 47.4 Å². The molecule has 126 valence electrons. The van der Waals surface area contributed by atoms with E-state index in [1.165, 1.54) is 0 Å². The Morgan fingerprint density at radius 3 is 2.96 bits per heavy atom. The number of ether oxygens (including phenoxy) is 2. The highest BCUT2D eigenvalue weighted by molar-refractivity contribution is 6.01. The Bertz CT molecular complexity index is 991. The van der Waals surface area contributed by atoms with E-state index < -0.39 is 0 Å². The number of aromatic nitrogens is 2. The SMILES string of the molecule is COc1n[nH]c2ccc(-c3cccc4c3CN(CC3CO3)C4=O)cc12. The van der Waals surface area contributed by atoms with Crippen LogP contribution < -0.4 is 4.74 Å². The zero-order valence-electron chi connectivity index (χ0n) is 13.8. The predicted molar refractivity (Wildman–Crippen MR) is 92.6 cm³/mol. The normalized spacial score (nSPS) is 18.7. The van der Waals surface area contributed by atoms with E-state index in [1.807, 2.05) is 29.2 Å². The average molecular weight is 335 g/mol. The number of epoxide rings is 1. The Morgan fingerprint density at radius 1 is 1.32 bits per heavy atom. The summed E-state index contributed by atoms with van der Waals surface area (Å²) in [7, 11) is 1.61. The largest absolute Gasteiger partial charge is 0.480 e. The van der Waals surface area contributed by atoms with Crippen molar-refractivity contribution in [1.82, 2.24) is 15.1 Å². The number of fused-ring (bicyclic) bond motifs is 2. The van der Waals surface area contributed by atoms with Gasteiger partial charge in [0.05, 0.1) is 30.7 Å². The lowest BCUT2D eigenvalue weighted by atomic mass is 9.96. The minimum atomic E-state index is 0.0920. The van der Waals surface area contributed by atoms with E-state index in [9.17, 15) is 4.79 Å². The molecule has 1 aromatic heterocycles. The van der Waals surface area contributed by atoms with Gasteiger partial charge in [-0.15, -0.1) is 5.10 Å². The van der Waals surface area contributed by atoms with Gasteiger partial charge in [0.15, 0.2) is 0 Å². The minimum absolute atomic E-state index is 0.0920. The topological polar surface area (TPSA) is 70.8 Å². The summed E-state index contributed by atoms with van der Waals surface area (Å²) in [5.41, 5.74) is 4.93. The van der Waals surface area contributed by atoms with Gasteiger partial charge in [-0.25, -0.2) is 0 Å². The van der Waals surface area contributed by atoms with Crippen LogP contribution in [0, 0.1) is 0 Å². The number of methoxy groups -OCH3 is 1. The first-order valence-corrected chi connectivity index (χ1v) is 8.30. The molecule has 0 radical (unpaired) electrons. The summed E-state index contributed by atoms with van der Waals surface area (Å²) < 4.78 is 10.6. The summed E-state index contributed by atoms with van der Waals surface area (Å²) in [5.74, 6) is 0.669. The molecule has 6 nitrogen and oxygen atoms in total. The monoisotopic (exact) mass is 335 g/mol. The molecule has 0 saturated carbocycles. The fourth-order valence-corrected chi connectivity index (χ4v) is 3.54. The maximum Gasteiger partial charge on any atom is 0.254 e. The second kappa shape index (κ2) is 5.32. The molecule has 1 fully saturated rings. The summed E-state index contributed by atoms with van der Waals surface area (Å²) in [4.78, 5) is 14.5. The van der Waals surface area contributed by atoms with E-state index in [2.05, 4.69) is 22.3 Å². The van der Waals surface area contributed by atoms with E-state index in [0.29, 0.717) is 19.0 Å². The second-order valence-corrected chi connectivity index (χ2v) is 6.47. The third kappa shape index (κ3) is 2.29. The predicted octanol–water partition coefficient (Wildman–Crippen LogP) is 2.59. The van der Waals surface area contributed by atoms with E-state index in [1.54, 1.807) is 7.11 Å². The van der Waals surface area contributed by atoms with Crippen molar-refractivity contribution in [2.75, 3.05) is 20.3 Å². The van der Waals surface area contributed by atoms with Gasteiger partial charge < -0.3 is 14.4 Å². The van der Waals surface area contributed by atoms with Gasteiger partial charge in [-0.3, -0.25) is 9.89 Å². The molecule has 0 aliphatic carbocycles. The van der Waals surface area contributed by atoms with Crippen molar-refractivity contribution in [3.05, 3.63) is 47.5 Å². The first-order chi connectivity index (χ1) is 12.2. The molecule has 2 aromatic carbocycles. The summed E-state index contributed by atoms with van der Waals surface area (Å²) >= 11 is 0. The second-order valence-electron chi connectivity index (χ2n) is 6.47. The molecule has 1 amide bonds. The number of benzene rings is 2. The van der Waals surface area contributed by atoms with Crippen LogP contribution in [0.15, 0.2) is 36.4 Å². The highest BCUT2D eigenvalue weighted by Crippen LogP contribution is 2.35. The number of amides is 1. The van der Waals surface area contributed by atoms with E-state index in [-0.39, 0.29) is 12.0 Å². The van der Waals surface area contributed by atoms with Gasteiger partial charge >= 0.3 is 0 Å². The highest BCUT2D eigenvalue weighted by atomic mass is 16.6. The van der Waals surface area contributed by atoms with Crippen LogP contribution in [0.25, 0.3) is 22.0 Å². The lowest BCUT2D eigenvalue weighted by molar-refractivity contribution is 0.0766. The first kappa shape index (κ1) is 14.5. The molecule has 1 unspecified atom stereocenters. The van der Waals surface area contributed by atoms with Gasteiger partial charge in [-0.2, -0.15) is 0 Å². The molecule has 5 rings (SSSR count). The van der Waals surface area contributed by atoms with Gasteiger partial charge in [0.1, 0.15) is 0 Å². The standard InChI is InChI=1S/C19H17N3O3/c1-24-18-15-7-11(5-6-17(15)20-21-18)13-3-2-4-14-16(13)9-22(19(14)23)8-12-10-25-12/h2-7,12H,8-10H2,1H3,(H,20,21). The number of nitrogens with zero attached hydrogens (tertiary/aromatic N) is 2. The Kier molecular flexibility index (Phi) is 3.08. The van der Waals surface area contributed by atoms with Crippen molar-refractivity contribution in [3.63, 3.8) is 0 Å². The molecule has 3 aromatic rings.